The van der Waals surface area contributed by atoms with Crippen molar-refractivity contribution in [2.75, 3.05) is 19.7 Å². The maximum absolute atomic E-state index is 12.8. The fourth-order valence-corrected chi connectivity index (χ4v) is 3.13. The van der Waals surface area contributed by atoms with E-state index in [1.165, 1.54) is 12.8 Å². The monoisotopic (exact) mass is 369 g/mol. The minimum atomic E-state index is -0.686. The summed E-state index contributed by atoms with van der Waals surface area (Å²) in [5.74, 6) is 0.0204. The van der Waals surface area contributed by atoms with Gasteiger partial charge in [-0.05, 0) is 30.6 Å². The minimum absolute atomic E-state index is 0.237. The van der Waals surface area contributed by atoms with E-state index in [2.05, 4.69) is 27.7 Å². The average Bonchev–Trinajstić information content (AvgIpc) is 2.64. The van der Waals surface area contributed by atoms with Crippen LogP contribution in [0.1, 0.15) is 92.9 Å². The zero-order chi connectivity index (χ0) is 19.9. The summed E-state index contributed by atoms with van der Waals surface area (Å²) >= 11 is 0. The van der Waals surface area contributed by atoms with E-state index >= 15 is 0 Å². The standard InChI is InChI=1S/C22H43NO3/c1-7-11-13-19(9-3)15-23(16-20(10-4)14-12-8-2)21(24)22(25)26-17-18(5)6/h18-20H,7-17H2,1-6H3. The van der Waals surface area contributed by atoms with Gasteiger partial charge in [0.05, 0.1) is 6.61 Å². The van der Waals surface area contributed by atoms with Crippen LogP contribution in [0.4, 0.5) is 0 Å². The molecule has 0 aliphatic heterocycles. The van der Waals surface area contributed by atoms with Gasteiger partial charge in [-0.25, -0.2) is 4.79 Å². The van der Waals surface area contributed by atoms with Gasteiger partial charge >= 0.3 is 11.9 Å². The molecule has 154 valence electrons. The minimum Gasteiger partial charge on any atom is -0.458 e. The van der Waals surface area contributed by atoms with E-state index in [0.717, 1.165) is 38.5 Å². The molecule has 2 unspecified atom stereocenters. The third-order valence-corrected chi connectivity index (χ3v) is 5.05. The molecule has 0 N–H and O–H groups in total. The Morgan fingerprint density at radius 1 is 0.846 bits per heavy atom. The lowest BCUT2D eigenvalue weighted by Gasteiger charge is -2.30. The SMILES string of the molecule is CCCCC(CC)CN(CC(CC)CCCC)C(=O)C(=O)OCC(C)C. The molecule has 0 saturated heterocycles. The number of hydrogen-bond donors (Lipinski definition) is 0. The maximum Gasteiger partial charge on any atom is 0.397 e. The molecular formula is C22H43NO3. The molecule has 0 aliphatic rings. The Kier molecular flexibility index (Phi) is 14.4. The molecule has 0 aromatic carbocycles. The molecule has 26 heavy (non-hydrogen) atoms. The first-order valence-corrected chi connectivity index (χ1v) is 10.8. The number of ether oxygens (including phenoxy) is 1. The van der Waals surface area contributed by atoms with Crippen LogP contribution in [0.15, 0.2) is 0 Å². The van der Waals surface area contributed by atoms with Gasteiger partial charge in [0.15, 0.2) is 0 Å². The number of nitrogens with zero attached hydrogens (tertiary/aromatic N) is 1. The lowest BCUT2D eigenvalue weighted by Crippen LogP contribution is -2.43. The van der Waals surface area contributed by atoms with Crippen LogP contribution in [0, 0.1) is 17.8 Å². The summed E-state index contributed by atoms with van der Waals surface area (Å²) in [6, 6.07) is 0. The van der Waals surface area contributed by atoms with Crippen molar-refractivity contribution in [3.63, 3.8) is 0 Å². The smallest absolute Gasteiger partial charge is 0.397 e. The van der Waals surface area contributed by atoms with Crippen LogP contribution in [-0.4, -0.2) is 36.5 Å². The highest BCUT2D eigenvalue weighted by Gasteiger charge is 2.27. The third kappa shape index (κ3) is 10.8. The van der Waals surface area contributed by atoms with Crippen LogP contribution in [0.2, 0.25) is 0 Å². The molecule has 0 rings (SSSR count). The van der Waals surface area contributed by atoms with E-state index in [-0.39, 0.29) is 5.92 Å². The van der Waals surface area contributed by atoms with E-state index in [0.29, 0.717) is 31.5 Å². The van der Waals surface area contributed by atoms with Gasteiger partial charge in [0.1, 0.15) is 0 Å². The average molecular weight is 370 g/mol. The van der Waals surface area contributed by atoms with Crippen molar-refractivity contribution in [1.29, 1.82) is 0 Å². The third-order valence-electron chi connectivity index (χ3n) is 5.05. The van der Waals surface area contributed by atoms with Gasteiger partial charge in [-0.15, -0.1) is 0 Å². The normalized spacial score (nSPS) is 13.5. The Labute approximate surface area is 162 Å². The zero-order valence-electron chi connectivity index (χ0n) is 18.2. The van der Waals surface area contributed by atoms with Gasteiger partial charge < -0.3 is 9.64 Å². The molecule has 0 heterocycles. The van der Waals surface area contributed by atoms with Crippen molar-refractivity contribution < 1.29 is 14.3 Å². The van der Waals surface area contributed by atoms with Crippen molar-refractivity contribution in [2.45, 2.75) is 92.9 Å². The van der Waals surface area contributed by atoms with Crippen molar-refractivity contribution in [1.82, 2.24) is 4.90 Å². The van der Waals surface area contributed by atoms with Crippen LogP contribution in [0.25, 0.3) is 0 Å². The first-order chi connectivity index (χ1) is 12.4. The molecule has 0 fully saturated rings. The Hall–Kier alpha value is -1.06. The summed E-state index contributed by atoms with van der Waals surface area (Å²) in [6.45, 7) is 14.3. The zero-order valence-corrected chi connectivity index (χ0v) is 18.2. The van der Waals surface area contributed by atoms with Gasteiger partial charge in [0, 0.05) is 13.1 Å². The van der Waals surface area contributed by atoms with Crippen LogP contribution >= 0.6 is 0 Å². The summed E-state index contributed by atoms with van der Waals surface area (Å²) < 4.78 is 5.21. The Morgan fingerprint density at radius 3 is 1.65 bits per heavy atom. The van der Waals surface area contributed by atoms with Gasteiger partial charge in [0.25, 0.3) is 0 Å². The predicted octanol–water partition coefficient (Wildman–Crippen LogP) is 5.45. The van der Waals surface area contributed by atoms with Crippen LogP contribution in [-0.2, 0) is 14.3 Å². The Morgan fingerprint density at radius 2 is 1.31 bits per heavy atom. The molecule has 4 heteroatoms. The Bertz CT molecular complexity index is 364. The van der Waals surface area contributed by atoms with Gasteiger partial charge in [-0.1, -0.05) is 80.1 Å². The second kappa shape index (κ2) is 15.0. The lowest BCUT2D eigenvalue weighted by molar-refractivity contribution is -0.161. The highest BCUT2D eigenvalue weighted by molar-refractivity contribution is 6.32. The van der Waals surface area contributed by atoms with Gasteiger partial charge in [-0.3, -0.25) is 4.79 Å². The van der Waals surface area contributed by atoms with E-state index in [9.17, 15) is 9.59 Å². The van der Waals surface area contributed by atoms with E-state index in [1.54, 1.807) is 4.90 Å². The quantitative estimate of drug-likeness (QED) is 0.302. The summed E-state index contributed by atoms with van der Waals surface area (Å²) in [6.07, 6.45) is 8.97. The van der Waals surface area contributed by atoms with Crippen LogP contribution in [0.3, 0.4) is 0 Å². The first kappa shape index (κ1) is 24.9. The van der Waals surface area contributed by atoms with Crippen molar-refractivity contribution in [3.8, 4) is 0 Å². The summed E-state index contributed by atoms with van der Waals surface area (Å²) in [4.78, 5) is 26.8. The molecule has 0 radical (unpaired) electrons. The number of hydrogen-bond acceptors (Lipinski definition) is 3. The number of rotatable bonds is 14. The number of esters is 1. The molecule has 0 aromatic rings. The maximum atomic E-state index is 12.8. The van der Waals surface area contributed by atoms with Crippen molar-refractivity contribution in [3.05, 3.63) is 0 Å². The molecule has 0 saturated carbocycles. The van der Waals surface area contributed by atoms with Crippen molar-refractivity contribution >= 4 is 11.9 Å². The number of unbranched alkanes of at least 4 members (excludes halogenated alkanes) is 2. The lowest BCUT2D eigenvalue weighted by atomic mass is 9.95. The number of amides is 1. The Balaban J connectivity index is 5.04. The number of carbonyl (C=O) groups excluding carboxylic acids is 2. The fourth-order valence-electron chi connectivity index (χ4n) is 3.13. The van der Waals surface area contributed by atoms with E-state index in [4.69, 9.17) is 4.74 Å². The molecule has 0 bridgehead atoms. The molecule has 0 aromatic heterocycles. The second-order valence-electron chi connectivity index (χ2n) is 8.04. The topological polar surface area (TPSA) is 46.6 Å². The van der Waals surface area contributed by atoms with Gasteiger partial charge in [0.2, 0.25) is 0 Å². The molecule has 4 nitrogen and oxygen atoms in total. The molecule has 2 atom stereocenters. The van der Waals surface area contributed by atoms with Crippen LogP contribution in [0.5, 0.6) is 0 Å². The second-order valence-corrected chi connectivity index (χ2v) is 8.04. The van der Waals surface area contributed by atoms with E-state index < -0.39 is 11.9 Å². The van der Waals surface area contributed by atoms with Crippen molar-refractivity contribution in [2.24, 2.45) is 17.8 Å². The summed E-state index contributed by atoms with van der Waals surface area (Å²) in [5, 5.41) is 0. The van der Waals surface area contributed by atoms with E-state index in [1.807, 2.05) is 13.8 Å². The highest BCUT2D eigenvalue weighted by atomic mass is 16.5. The first-order valence-electron chi connectivity index (χ1n) is 10.8. The molecule has 1 amide bonds. The summed E-state index contributed by atoms with van der Waals surface area (Å²) in [5.41, 5.74) is 0. The number of carbonyl (C=O) groups is 2. The predicted molar refractivity (Wildman–Crippen MR) is 109 cm³/mol. The van der Waals surface area contributed by atoms with Crippen LogP contribution < -0.4 is 0 Å². The van der Waals surface area contributed by atoms with Gasteiger partial charge in [-0.2, -0.15) is 0 Å². The molecular weight excluding hydrogens is 326 g/mol. The fraction of sp³-hybridized carbons (Fsp3) is 0.909. The summed E-state index contributed by atoms with van der Waals surface area (Å²) in [7, 11) is 0. The molecule has 0 spiro atoms. The largest absolute Gasteiger partial charge is 0.458 e. The highest BCUT2D eigenvalue weighted by Crippen LogP contribution is 2.19. The molecule has 0 aliphatic carbocycles.